The van der Waals surface area contributed by atoms with Gasteiger partial charge in [0.15, 0.2) is 0 Å². The molecule has 0 aliphatic carbocycles. The van der Waals surface area contributed by atoms with Crippen molar-refractivity contribution in [2.45, 2.75) is 39.5 Å². The first-order valence-electron chi connectivity index (χ1n) is 8.72. The van der Waals surface area contributed by atoms with Crippen LogP contribution >= 0.6 is 0 Å². The summed E-state index contributed by atoms with van der Waals surface area (Å²) >= 11 is 0. The van der Waals surface area contributed by atoms with E-state index < -0.39 is 0 Å². The number of para-hydroxylation sites is 1. The molecule has 1 heteroatoms. The second-order valence-electron chi connectivity index (χ2n) is 6.96. The molecule has 3 aromatic rings. The Kier molecular flexibility index (Phi) is 4.80. The highest BCUT2D eigenvalue weighted by Crippen LogP contribution is 2.34. The molecule has 0 aliphatic heterocycles. The maximum atomic E-state index is 4.90. The Morgan fingerprint density at radius 3 is 1.96 bits per heavy atom. The summed E-state index contributed by atoms with van der Waals surface area (Å²) in [5.41, 5.74) is 4.91. The summed E-state index contributed by atoms with van der Waals surface area (Å²) in [5.74, 6) is 0.930. The topological polar surface area (TPSA) is 12.4 Å². The van der Waals surface area contributed by atoms with E-state index in [1.807, 2.05) is 6.21 Å². The van der Waals surface area contributed by atoms with E-state index in [-0.39, 0.29) is 0 Å². The van der Waals surface area contributed by atoms with Crippen LogP contribution in [0.15, 0.2) is 65.7 Å². The number of aliphatic imine (C=N–C) groups is 1. The van der Waals surface area contributed by atoms with Gasteiger partial charge in [-0.2, -0.15) is 0 Å². The first-order valence-corrected chi connectivity index (χ1v) is 8.72. The molecule has 122 valence electrons. The molecule has 0 heterocycles. The van der Waals surface area contributed by atoms with Crippen LogP contribution in [0.4, 0.5) is 5.69 Å². The van der Waals surface area contributed by atoms with Crippen molar-refractivity contribution in [3.05, 3.63) is 77.4 Å². The number of benzene rings is 3. The molecule has 0 fully saturated rings. The predicted octanol–water partition coefficient (Wildman–Crippen LogP) is 6.84. The first kappa shape index (κ1) is 16.4. The zero-order valence-corrected chi connectivity index (χ0v) is 15.0. The van der Waals surface area contributed by atoms with E-state index in [0.29, 0.717) is 11.8 Å². The van der Waals surface area contributed by atoms with Gasteiger partial charge in [0, 0.05) is 6.21 Å². The summed E-state index contributed by atoms with van der Waals surface area (Å²) in [7, 11) is 0. The van der Waals surface area contributed by atoms with Gasteiger partial charge in [-0.15, -0.1) is 0 Å². The van der Waals surface area contributed by atoms with E-state index in [1.54, 1.807) is 0 Å². The molecule has 0 radical (unpaired) electrons. The third-order valence-corrected chi connectivity index (χ3v) is 4.46. The molecule has 0 spiro atoms. The van der Waals surface area contributed by atoms with Gasteiger partial charge < -0.3 is 0 Å². The quantitative estimate of drug-likeness (QED) is 0.467. The maximum absolute atomic E-state index is 4.90. The summed E-state index contributed by atoms with van der Waals surface area (Å²) < 4.78 is 0. The Labute approximate surface area is 145 Å². The average Bonchev–Trinajstić information content (AvgIpc) is 2.59. The molecule has 0 aliphatic rings. The van der Waals surface area contributed by atoms with Crippen molar-refractivity contribution in [3.8, 4) is 0 Å². The average molecular weight is 315 g/mol. The van der Waals surface area contributed by atoms with Gasteiger partial charge in [0.2, 0.25) is 0 Å². The molecule has 0 amide bonds. The molecule has 0 N–H and O–H groups in total. The Balaban J connectivity index is 2.03. The fourth-order valence-corrected chi connectivity index (χ4v) is 3.09. The van der Waals surface area contributed by atoms with Crippen LogP contribution in [0.25, 0.3) is 10.8 Å². The fraction of sp³-hybridized carbons (Fsp3) is 0.261. The van der Waals surface area contributed by atoms with Crippen molar-refractivity contribution in [1.82, 2.24) is 0 Å². The van der Waals surface area contributed by atoms with Gasteiger partial charge in [-0.05, 0) is 45.4 Å². The van der Waals surface area contributed by atoms with Gasteiger partial charge in [0.25, 0.3) is 0 Å². The number of hydrogen-bond acceptors (Lipinski definition) is 1. The minimum absolute atomic E-state index is 0.465. The highest BCUT2D eigenvalue weighted by atomic mass is 14.7. The Morgan fingerprint density at radius 2 is 1.33 bits per heavy atom. The molecular weight excluding hydrogens is 290 g/mol. The fourth-order valence-electron chi connectivity index (χ4n) is 3.09. The van der Waals surface area contributed by atoms with Crippen LogP contribution in [0.5, 0.6) is 0 Å². The highest BCUT2D eigenvalue weighted by molar-refractivity contribution is 5.91. The smallest absolute Gasteiger partial charge is 0.0699 e. The molecule has 0 saturated carbocycles. The molecule has 1 nitrogen and oxygen atoms in total. The molecule has 3 rings (SSSR count). The van der Waals surface area contributed by atoms with E-state index in [4.69, 9.17) is 4.99 Å². The first-order chi connectivity index (χ1) is 11.6. The van der Waals surface area contributed by atoms with Crippen LogP contribution in [0, 0.1) is 0 Å². The summed E-state index contributed by atoms with van der Waals surface area (Å²) in [6, 6.07) is 21.5. The minimum Gasteiger partial charge on any atom is -0.256 e. The second-order valence-corrected chi connectivity index (χ2v) is 6.96. The zero-order valence-electron chi connectivity index (χ0n) is 15.0. The molecule has 0 atom stereocenters. The lowest BCUT2D eigenvalue weighted by Gasteiger charge is -2.16. The van der Waals surface area contributed by atoms with E-state index in [1.165, 1.54) is 21.9 Å². The number of nitrogens with zero attached hydrogens (tertiary/aromatic N) is 1. The normalized spacial score (nSPS) is 11.9. The SMILES string of the molecule is CC(C)c1cccc(C(C)C)c1N=Cc1ccc2ccccc2c1. The lowest BCUT2D eigenvalue weighted by atomic mass is 9.93. The standard InChI is InChI=1S/C23H25N/c1-16(2)21-10-7-11-22(17(3)4)23(21)24-15-18-12-13-19-8-5-6-9-20(19)14-18/h5-17H,1-4H3. The third kappa shape index (κ3) is 3.41. The molecule has 0 unspecified atom stereocenters. The third-order valence-electron chi connectivity index (χ3n) is 4.46. The van der Waals surface area contributed by atoms with Crippen molar-refractivity contribution in [2.24, 2.45) is 4.99 Å². The van der Waals surface area contributed by atoms with E-state index in [0.717, 1.165) is 11.3 Å². The Bertz CT molecular complexity index is 846. The van der Waals surface area contributed by atoms with Crippen molar-refractivity contribution in [3.63, 3.8) is 0 Å². The van der Waals surface area contributed by atoms with E-state index in [2.05, 4.69) is 88.4 Å². The van der Waals surface area contributed by atoms with Gasteiger partial charge in [-0.1, -0.05) is 82.3 Å². The monoisotopic (exact) mass is 315 g/mol. The van der Waals surface area contributed by atoms with Gasteiger partial charge in [0.05, 0.1) is 5.69 Å². The van der Waals surface area contributed by atoms with Crippen LogP contribution in [-0.2, 0) is 0 Å². The van der Waals surface area contributed by atoms with E-state index in [9.17, 15) is 0 Å². The number of hydrogen-bond donors (Lipinski definition) is 0. The number of rotatable bonds is 4. The van der Waals surface area contributed by atoms with Crippen LogP contribution in [-0.4, -0.2) is 6.21 Å². The molecule has 0 saturated heterocycles. The summed E-state index contributed by atoms with van der Waals surface area (Å²) in [6.45, 7) is 8.92. The summed E-state index contributed by atoms with van der Waals surface area (Å²) in [4.78, 5) is 4.90. The number of fused-ring (bicyclic) bond motifs is 1. The summed E-state index contributed by atoms with van der Waals surface area (Å²) in [5, 5.41) is 2.52. The van der Waals surface area contributed by atoms with Crippen LogP contribution < -0.4 is 0 Å². The molecule has 0 bridgehead atoms. The van der Waals surface area contributed by atoms with Crippen LogP contribution in [0.3, 0.4) is 0 Å². The van der Waals surface area contributed by atoms with Crippen molar-refractivity contribution in [1.29, 1.82) is 0 Å². The van der Waals surface area contributed by atoms with E-state index >= 15 is 0 Å². The second kappa shape index (κ2) is 7.00. The van der Waals surface area contributed by atoms with Crippen LogP contribution in [0.1, 0.15) is 56.2 Å². The van der Waals surface area contributed by atoms with Crippen molar-refractivity contribution >= 4 is 22.7 Å². The highest BCUT2D eigenvalue weighted by Gasteiger charge is 2.12. The molecule has 0 aromatic heterocycles. The minimum atomic E-state index is 0.465. The lowest BCUT2D eigenvalue weighted by molar-refractivity contribution is 0.835. The lowest BCUT2D eigenvalue weighted by Crippen LogP contribution is -1.95. The van der Waals surface area contributed by atoms with Gasteiger partial charge >= 0.3 is 0 Å². The van der Waals surface area contributed by atoms with Gasteiger partial charge in [-0.25, -0.2) is 0 Å². The maximum Gasteiger partial charge on any atom is 0.0699 e. The van der Waals surface area contributed by atoms with Gasteiger partial charge in [-0.3, -0.25) is 4.99 Å². The molecule has 24 heavy (non-hydrogen) atoms. The van der Waals surface area contributed by atoms with Crippen molar-refractivity contribution < 1.29 is 0 Å². The molecule has 3 aromatic carbocycles. The molecular formula is C23H25N. The largest absolute Gasteiger partial charge is 0.256 e. The Morgan fingerprint density at radius 1 is 0.708 bits per heavy atom. The summed E-state index contributed by atoms with van der Waals surface area (Å²) in [6.07, 6.45) is 2.00. The van der Waals surface area contributed by atoms with Crippen molar-refractivity contribution in [2.75, 3.05) is 0 Å². The zero-order chi connectivity index (χ0) is 17.1. The predicted molar refractivity (Wildman–Crippen MR) is 106 cm³/mol. The van der Waals surface area contributed by atoms with Crippen LogP contribution in [0.2, 0.25) is 0 Å². The van der Waals surface area contributed by atoms with Gasteiger partial charge in [0.1, 0.15) is 0 Å². The Hall–Kier alpha value is -2.41.